The van der Waals surface area contributed by atoms with Gasteiger partial charge in [-0.2, -0.15) is 4.39 Å². The molecule has 0 aliphatic carbocycles. The molecule has 0 heterocycles. The van der Waals surface area contributed by atoms with E-state index in [0.29, 0.717) is 5.56 Å². The second-order valence-electron chi connectivity index (χ2n) is 3.14. The minimum Gasteiger partial charge on any atom is -0.507 e. The first-order valence-corrected chi connectivity index (χ1v) is 4.00. The highest BCUT2D eigenvalue weighted by Gasteiger charge is 2.25. The van der Waals surface area contributed by atoms with Crippen molar-refractivity contribution in [3.63, 3.8) is 0 Å². The Bertz CT molecular complexity index is 386. The van der Waals surface area contributed by atoms with Crippen LogP contribution in [-0.2, 0) is 0 Å². The first-order chi connectivity index (χ1) is 6.37. The highest BCUT2D eigenvalue weighted by atomic mass is 19.1. The maximum Gasteiger partial charge on any atom is 0.308 e. The summed E-state index contributed by atoms with van der Waals surface area (Å²) >= 11 is 0. The molecule has 0 saturated carbocycles. The maximum absolute atomic E-state index is 13.4. The fourth-order valence-corrected chi connectivity index (χ4v) is 1.30. The van der Waals surface area contributed by atoms with Gasteiger partial charge in [-0.3, -0.25) is 10.1 Å². The van der Waals surface area contributed by atoms with Gasteiger partial charge in [-0.25, -0.2) is 0 Å². The molecular formula is C9H10FNO3. The lowest BCUT2D eigenvalue weighted by molar-refractivity contribution is -0.388. The molecule has 4 nitrogen and oxygen atoms in total. The Hall–Kier alpha value is -1.65. The zero-order valence-corrected chi connectivity index (χ0v) is 8.09. The van der Waals surface area contributed by atoms with E-state index in [1.807, 2.05) is 0 Å². The van der Waals surface area contributed by atoms with Crippen LogP contribution in [0.25, 0.3) is 0 Å². The van der Waals surface area contributed by atoms with E-state index in [0.717, 1.165) is 0 Å². The first kappa shape index (κ1) is 10.4. The quantitative estimate of drug-likeness (QED) is 0.557. The Labute approximate surface area is 80.1 Å². The summed E-state index contributed by atoms with van der Waals surface area (Å²) in [5.74, 6) is -1.18. The molecule has 1 rings (SSSR count). The summed E-state index contributed by atoms with van der Waals surface area (Å²) in [7, 11) is 0. The maximum atomic E-state index is 13.4. The van der Waals surface area contributed by atoms with Gasteiger partial charge in [0.25, 0.3) is 0 Å². The number of halogens is 1. The lowest BCUT2D eigenvalue weighted by Crippen LogP contribution is -2.01. The number of hydrogen-bond acceptors (Lipinski definition) is 3. The second kappa shape index (κ2) is 3.25. The van der Waals surface area contributed by atoms with Crippen molar-refractivity contribution in [2.24, 2.45) is 0 Å². The minimum atomic E-state index is -0.962. The van der Waals surface area contributed by atoms with Crippen molar-refractivity contribution >= 4 is 5.69 Å². The van der Waals surface area contributed by atoms with E-state index in [1.165, 1.54) is 20.8 Å². The van der Waals surface area contributed by atoms with Crippen LogP contribution in [0.4, 0.5) is 10.1 Å². The van der Waals surface area contributed by atoms with E-state index in [2.05, 4.69) is 0 Å². The molecule has 0 amide bonds. The lowest BCUT2D eigenvalue weighted by Gasteiger charge is -2.08. The predicted octanol–water partition coefficient (Wildman–Crippen LogP) is 2.36. The molecule has 0 fully saturated rings. The van der Waals surface area contributed by atoms with Crippen LogP contribution < -0.4 is 0 Å². The van der Waals surface area contributed by atoms with E-state index < -0.39 is 16.4 Å². The van der Waals surface area contributed by atoms with Crippen molar-refractivity contribution in [3.05, 3.63) is 32.6 Å². The molecule has 0 radical (unpaired) electrons. The lowest BCUT2D eigenvalue weighted by atomic mass is 10.0. The number of aromatic hydroxyl groups is 1. The Balaban J connectivity index is 3.68. The highest BCUT2D eigenvalue weighted by molar-refractivity contribution is 5.55. The van der Waals surface area contributed by atoms with Crippen molar-refractivity contribution in [1.82, 2.24) is 0 Å². The average Bonchev–Trinajstić information content (AvgIpc) is 2.11. The molecule has 0 aromatic heterocycles. The monoisotopic (exact) mass is 199 g/mol. The average molecular weight is 199 g/mol. The normalized spacial score (nSPS) is 10.3. The van der Waals surface area contributed by atoms with Gasteiger partial charge in [-0.05, 0) is 20.8 Å². The molecule has 0 aliphatic heterocycles. The van der Waals surface area contributed by atoms with E-state index in [9.17, 15) is 19.6 Å². The third-order valence-electron chi connectivity index (χ3n) is 2.35. The molecule has 14 heavy (non-hydrogen) atoms. The van der Waals surface area contributed by atoms with Crippen molar-refractivity contribution in [2.75, 3.05) is 0 Å². The van der Waals surface area contributed by atoms with Crippen LogP contribution in [-0.4, -0.2) is 10.0 Å². The van der Waals surface area contributed by atoms with Crippen LogP contribution >= 0.6 is 0 Å². The van der Waals surface area contributed by atoms with Gasteiger partial charge in [0.1, 0.15) is 5.75 Å². The fraction of sp³-hybridized carbons (Fsp3) is 0.333. The number of nitro groups is 1. The van der Waals surface area contributed by atoms with Crippen LogP contribution in [0.15, 0.2) is 0 Å². The van der Waals surface area contributed by atoms with Gasteiger partial charge >= 0.3 is 5.69 Å². The van der Waals surface area contributed by atoms with E-state index in [4.69, 9.17) is 0 Å². The van der Waals surface area contributed by atoms with Gasteiger partial charge in [0.15, 0.2) is 0 Å². The molecule has 1 N–H and O–H groups in total. The van der Waals surface area contributed by atoms with Crippen molar-refractivity contribution in [2.45, 2.75) is 20.8 Å². The molecule has 0 unspecified atom stereocenters. The van der Waals surface area contributed by atoms with Crippen molar-refractivity contribution in [3.8, 4) is 5.75 Å². The van der Waals surface area contributed by atoms with Gasteiger partial charge in [0.2, 0.25) is 5.82 Å². The van der Waals surface area contributed by atoms with Gasteiger partial charge < -0.3 is 5.11 Å². The summed E-state index contributed by atoms with van der Waals surface area (Å²) in [6.45, 7) is 4.24. The third-order valence-corrected chi connectivity index (χ3v) is 2.35. The molecule has 0 spiro atoms. The number of phenolic OH excluding ortho intramolecular Hbond substituents is 1. The SMILES string of the molecule is Cc1c(C)c([N+](=O)[O-])c(F)c(C)c1O. The molecular weight excluding hydrogens is 189 g/mol. The zero-order valence-electron chi connectivity index (χ0n) is 8.09. The summed E-state index contributed by atoms with van der Waals surface area (Å²) in [6, 6.07) is 0. The summed E-state index contributed by atoms with van der Waals surface area (Å²) < 4.78 is 13.4. The van der Waals surface area contributed by atoms with Crippen LogP contribution in [0, 0.1) is 36.7 Å². The van der Waals surface area contributed by atoms with E-state index in [1.54, 1.807) is 0 Å². The van der Waals surface area contributed by atoms with Crippen LogP contribution in [0.1, 0.15) is 16.7 Å². The number of phenols is 1. The molecule has 0 aliphatic rings. The van der Waals surface area contributed by atoms with Gasteiger partial charge in [0.05, 0.1) is 4.92 Å². The topological polar surface area (TPSA) is 63.4 Å². The molecule has 5 heteroatoms. The minimum absolute atomic E-state index is 0.0835. The van der Waals surface area contributed by atoms with Crippen LogP contribution in [0.2, 0.25) is 0 Å². The molecule has 0 atom stereocenters. The largest absolute Gasteiger partial charge is 0.507 e. The molecule has 0 bridgehead atoms. The van der Waals surface area contributed by atoms with Crippen LogP contribution in [0.3, 0.4) is 0 Å². The standard InChI is InChI=1S/C9H10FNO3/c1-4-5(2)9(12)6(3)7(10)8(4)11(13)14/h12H,1-3H3. The Morgan fingerprint density at radius 1 is 1.21 bits per heavy atom. The third kappa shape index (κ3) is 1.30. The van der Waals surface area contributed by atoms with Crippen molar-refractivity contribution in [1.29, 1.82) is 0 Å². The number of hydrogen-bond donors (Lipinski definition) is 1. The summed E-state index contributed by atoms with van der Waals surface area (Å²) in [5.41, 5.74) is -0.135. The highest BCUT2D eigenvalue weighted by Crippen LogP contribution is 2.34. The molecule has 0 saturated heterocycles. The molecule has 76 valence electrons. The second-order valence-corrected chi connectivity index (χ2v) is 3.14. The first-order valence-electron chi connectivity index (χ1n) is 4.00. The van der Waals surface area contributed by atoms with Crippen LogP contribution in [0.5, 0.6) is 5.75 Å². The van der Waals surface area contributed by atoms with Crippen molar-refractivity contribution < 1.29 is 14.4 Å². The number of benzene rings is 1. The zero-order chi connectivity index (χ0) is 11.0. The predicted molar refractivity (Wildman–Crippen MR) is 48.9 cm³/mol. The fourth-order valence-electron chi connectivity index (χ4n) is 1.30. The summed E-state index contributed by atoms with van der Waals surface area (Å²) in [4.78, 5) is 9.77. The van der Waals surface area contributed by atoms with Gasteiger partial charge in [-0.1, -0.05) is 0 Å². The Morgan fingerprint density at radius 2 is 1.71 bits per heavy atom. The van der Waals surface area contributed by atoms with Gasteiger partial charge in [0, 0.05) is 16.7 Å². The Morgan fingerprint density at radius 3 is 2.14 bits per heavy atom. The molecule has 1 aromatic rings. The van der Waals surface area contributed by atoms with Gasteiger partial charge in [-0.15, -0.1) is 0 Å². The molecule has 1 aromatic carbocycles. The van der Waals surface area contributed by atoms with E-state index >= 15 is 0 Å². The smallest absolute Gasteiger partial charge is 0.308 e. The summed E-state index contributed by atoms with van der Waals surface area (Å²) in [5, 5.41) is 20.0. The number of nitro benzene ring substituents is 1. The number of rotatable bonds is 1. The number of nitrogens with zero attached hydrogens (tertiary/aromatic N) is 1. The van der Waals surface area contributed by atoms with E-state index in [-0.39, 0.29) is 16.9 Å². The Kier molecular flexibility index (Phi) is 2.42. The summed E-state index contributed by atoms with van der Waals surface area (Å²) in [6.07, 6.45) is 0.